The van der Waals surface area contributed by atoms with Gasteiger partial charge in [-0.25, -0.2) is 4.39 Å². The van der Waals surface area contributed by atoms with Crippen molar-refractivity contribution in [2.24, 2.45) is 4.99 Å². The van der Waals surface area contributed by atoms with Crippen molar-refractivity contribution in [2.45, 2.75) is 13.0 Å². The van der Waals surface area contributed by atoms with Crippen LogP contribution in [-0.4, -0.2) is 19.6 Å². The maximum atomic E-state index is 13.6. The zero-order valence-corrected chi connectivity index (χ0v) is 13.6. The van der Waals surface area contributed by atoms with Gasteiger partial charge in [0.05, 0.1) is 0 Å². The fraction of sp³-hybridized carbons (Fsp3) is 0.211. The number of fused-ring (bicyclic) bond motifs is 1. The van der Waals surface area contributed by atoms with Crippen molar-refractivity contribution in [3.05, 3.63) is 71.7 Å². The number of nitrogens with zero attached hydrogens (tertiary/aromatic N) is 1. The third-order valence-electron chi connectivity index (χ3n) is 3.77. The Hall–Kier alpha value is -2.82. The fourth-order valence-corrected chi connectivity index (χ4v) is 2.51. The van der Waals surface area contributed by atoms with Crippen LogP contribution in [0.1, 0.15) is 11.3 Å². The predicted molar refractivity (Wildman–Crippen MR) is 94.5 cm³/mol. The van der Waals surface area contributed by atoms with Gasteiger partial charge in [-0.05, 0) is 18.2 Å². The molecule has 0 amide bonds. The molecule has 4 nitrogen and oxygen atoms in total. The molecule has 0 saturated carbocycles. The van der Waals surface area contributed by atoms with E-state index in [9.17, 15) is 4.39 Å². The van der Waals surface area contributed by atoms with E-state index in [1.165, 1.54) is 6.07 Å². The fourth-order valence-electron chi connectivity index (χ4n) is 2.51. The summed E-state index contributed by atoms with van der Waals surface area (Å²) in [6, 6.07) is 16.7. The molecule has 3 rings (SSSR count). The van der Waals surface area contributed by atoms with E-state index in [0.29, 0.717) is 24.6 Å². The minimum absolute atomic E-state index is 0.220. The third kappa shape index (κ3) is 3.93. The van der Waals surface area contributed by atoms with E-state index in [-0.39, 0.29) is 5.82 Å². The van der Waals surface area contributed by atoms with Crippen LogP contribution < -0.4 is 10.6 Å². The van der Waals surface area contributed by atoms with E-state index < -0.39 is 0 Å². The number of benzene rings is 2. The monoisotopic (exact) mass is 325 g/mol. The Morgan fingerprint density at radius 3 is 2.67 bits per heavy atom. The van der Waals surface area contributed by atoms with Gasteiger partial charge in [0.15, 0.2) is 5.96 Å². The lowest BCUT2D eigenvalue weighted by molar-refractivity contribution is 0.544. The Labute approximate surface area is 140 Å². The van der Waals surface area contributed by atoms with Gasteiger partial charge in [0.1, 0.15) is 17.2 Å². The molecule has 0 atom stereocenters. The van der Waals surface area contributed by atoms with E-state index in [1.807, 2.05) is 36.4 Å². The van der Waals surface area contributed by atoms with E-state index in [4.69, 9.17) is 4.42 Å². The molecule has 0 radical (unpaired) electrons. The van der Waals surface area contributed by atoms with Gasteiger partial charge >= 0.3 is 0 Å². The van der Waals surface area contributed by atoms with Crippen LogP contribution >= 0.6 is 0 Å². The van der Waals surface area contributed by atoms with Crippen molar-refractivity contribution in [2.75, 3.05) is 13.6 Å². The quantitative estimate of drug-likeness (QED) is 0.558. The Morgan fingerprint density at radius 1 is 1.08 bits per heavy atom. The summed E-state index contributed by atoms with van der Waals surface area (Å²) < 4.78 is 19.4. The van der Waals surface area contributed by atoms with Crippen LogP contribution in [0.25, 0.3) is 11.0 Å². The zero-order valence-electron chi connectivity index (χ0n) is 13.6. The Balaban J connectivity index is 1.50. The van der Waals surface area contributed by atoms with E-state index in [0.717, 1.165) is 23.2 Å². The topological polar surface area (TPSA) is 49.6 Å². The minimum atomic E-state index is -0.220. The minimum Gasteiger partial charge on any atom is -0.461 e. The second-order valence-corrected chi connectivity index (χ2v) is 5.44. The van der Waals surface area contributed by atoms with Gasteiger partial charge in [-0.2, -0.15) is 0 Å². The molecule has 24 heavy (non-hydrogen) atoms. The first-order valence-corrected chi connectivity index (χ1v) is 7.91. The summed E-state index contributed by atoms with van der Waals surface area (Å²) in [5, 5.41) is 7.42. The Kier molecular flexibility index (Phi) is 5.11. The second kappa shape index (κ2) is 7.64. The molecule has 0 aliphatic heterocycles. The smallest absolute Gasteiger partial charge is 0.191 e. The second-order valence-electron chi connectivity index (χ2n) is 5.44. The first-order chi connectivity index (χ1) is 11.8. The molecule has 0 saturated heterocycles. The summed E-state index contributed by atoms with van der Waals surface area (Å²) in [5.74, 6) is 1.34. The van der Waals surface area contributed by atoms with Gasteiger partial charge in [0.2, 0.25) is 0 Å². The van der Waals surface area contributed by atoms with Crippen molar-refractivity contribution in [3.8, 4) is 0 Å². The van der Waals surface area contributed by atoms with E-state index in [1.54, 1.807) is 19.2 Å². The molecule has 0 unspecified atom stereocenters. The molecule has 1 heterocycles. The zero-order chi connectivity index (χ0) is 16.8. The molecule has 0 fully saturated rings. The molecule has 1 aromatic heterocycles. The number of nitrogens with one attached hydrogen (secondary N) is 2. The third-order valence-corrected chi connectivity index (χ3v) is 3.77. The number of rotatable bonds is 5. The first-order valence-electron chi connectivity index (χ1n) is 7.91. The van der Waals surface area contributed by atoms with Crippen molar-refractivity contribution in [1.82, 2.24) is 10.6 Å². The highest BCUT2D eigenvalue weighted by Crippen LogP contribution is 2.18. The molecule has 0 aliphatic rings. The lowest BCUT2D eigenvalue weighted by Gasteiger charge is -2.11. The molecular formula is C19H20FN3O. The highest BCUT2D eigenvalue weighted by atomic mass is 19.1. The highest BCUT2D eigenvalue weighted by Gasteiger charge is 2.05. The highest BCUT2D eigenvalue weighted by molar-refractivity contribution is 5.80. The molecule has 0 aliphatic carbocycles. The molecule has 2 N–H and O–H groups in total. The van der Waals surface area contributed by atoms with Crippen molar-refractivity contribution in [1.29, 1.82) is 0 Å². The molecular weight excluding hydrogens is 305 g/mol. The van der Waals surface area contributed by atoms with Gasteiger partial charge in [-0.1, -0.05) is 36.4 Å². The van der Waals surface area contributed by atoms with Gasteiger partial charge in [0.25, 0.3) is 0 Å². The predicted octanol–water partition coefficient (Wildman–Crippen LogP) is 3.48. The maximum absolute atomic E-state index is 13.6. The normalized spacial score (nSPS) is 11.7. The van der Waals surface area contributed by atoms with Crippen LogP contribution in [0.4, 0.5) is 4.39 Å². The Bertz CT molecular complexity index is 808. The summed E-state index contributed by atoms with van der Waals surface area (Å²) in [6.07, 6.45) is 0.745. The lowest BCUT2D eigenvalue weighted by atomic mass is 10.2. The van der Waals surface area contributed by atoms with Gasteiger partial charge in [-0.3, -0.25) is 4.99 Å². The average molecular weight is 325 g/mol. The van der Waals surface area contributed by atoms with Crippen molar-refractivity contribution in [3.63, 3.8) is 0 Å². The van der Waals surface area contributed by atoms with Gasteiger partial charge < -0.3 is 15.1 Å². The largest absolute Gasteiger partial charge is 0.461 e. The van der Waals surface area contributed by atoms with Crippen LogP contribution in [0.15, 0.2) is 64.0 Å². The molecule has 0 spiro atoms. The molecule has 3 aromatic rings. The number of halogens is 1. The van der Waals surface area contributed by atoms with E-state index >= 15 is 0 Å². The van der Waals surface area contributed by atoms with Crippen LogP contribution in [0, 0.1) is 5.82 Å². The van der Waals surface area contributed by atoms with Crippen molar-refractivity contribution >= 4 is 16.9 Å². The standard InChI is InChI=1S/C19H20FN3O/c1-21-19(23-13-15-7-2-4-8-17(15)20)22-11-10-16-12-14-6-3-5-9-18(14)24-16/h2-9,12H,10-11,13H2,1H3,(H2,21,22,23). The van der Waals surface area contributed by atoms with Gasteiger partial charge in [0, 0.05) is 37.5 Å². The number of para-hydroxylation sites is 1. The average Bonchev–Trinajstić information content (AvgIpc) is 3.02. The summed E-state index contributed by atoms with van der Waals surface area (Å²) in [6.45, 7) is 1.06. The number of furan rings is 1. The first kappa shape index (κ1) is 16.1. The molecule has 0 bridgehead atoms. The van der Waals surface area contributed by atoms with Crippen molar-refractivity contribution < 1.29 is 8.81 Å². The summed E-state index contributed by atoms with van der Waals surface area (Å²) in [7, 11) is 1.69. The van der Waals surface area contributed by atoms with Crippen LogP contribution in [-0.2, 0) is 13.0 Å². The SMILES string of the molecule is CN=C(NCCc1cc2ccccc2o1)NCc1ccccc1F. The number of hydrogen-bond acceptors (Lipinski definition) is 2. The maximum Gasteiger partial charge on any atom is 0.191 e. The van der Waals surface area contributed by atoms with Crippen LogP contribution in [0.5, 0.6) is 0 Å². The number of guanidine groups is 1. The molecule has 5 heteroatoms. The molecule has 124 valence electrons. The number of aliphatic imine (C=N–C) groups is 1. The van der Waals surface area contributed by atoms with Gasteiger partial charge in [-0.15, -0.1) is 0 Å². The van der Waals surface area contributed by atoms with Crippen LogP contribution in [0.2, 0.25) is 0 Å². The summed E-state index contributed by atoms with van der Waals surface area (Å²) in [4.78, 5) is 4.15. The lowest BCUT2D eigenvalue weighted by Crippen LogP contribution is -2.38. The number of hydrogen-bond donors (Lipinski definition) is 2. The summed E-state index contributed by atoms with van der Waals surface area (Å²) >= 11 is 0. The van der Waals surface area contributed by atoms with Crippen LogP contribution in [0.3, 0.4) is 0 Å². The van der Waals surface area contributed by atoms with E-state index in [2.05, 4.69) is 15.6 Å². The summed E-state index contributed by atoms with van der Waals surface area (Å²) in [5.41, 5.74) is 1.51. The molecule has 2 aromatic carbocycles. The Morgan fingerprint density at radius 2 is 1.88 bits per heavy atom.